The number of nitrogens with one attached hydrogen (secondary N) is 1. The molecule has 104 valence electrons. The number of carbonyl (C=O) groups excluding carboxylic acids is 1. The molecule has 20 heavy (non-hydrogen) atoms. The van der Waals surface area contributed by atoms with Crippen LogP contribution in [0.2, 0.25) is 0 Å². The number of likely N-dealkylation sites (tertiary alicyclic amines) is 1. The molecule has 0 saturated carbocycles. The lowest BCUT2D eigenvalue weighted by Gasteiger charge is -2.24. The van der Waals surface area contributed by atoms with Crippen molar-refractivity contribution in [1.82, 2.24) is 10.2 Å². The van der Waals surface area contributed by atoms with Crippen molar-refractivity contribution in [2.45, 2.75) is 43.8 Å². The summed E-state index contributed by atoms with van der Waals surface area (Å²) in [7, 11) is 0. The second kappa shape index (κ2) is 5.64. The predicted octanol–water partition coefficient (Wildman–Crippen LogP) is 1.99. The van der Waals surface area contributed by atoms with Crippen LogP contribution in [0.4, 0.5) is 0 Å². The van der Waals surface area contributed by atoms with Crippen molar-refractivity contribution in [1.29, 1.82) is 5.26 Å². The van der Waals surface area contributed by atoms with Crippen molar-refractivity contribution in [2.24, 2.45) is 0 Å². The molecule has 0 bridgehead atoms. The Hall–Kier alpha value is -1.86. The maximum absolute atomic E-state index is 12.5. The number of hydrogen-bond donors (Lipinski definition) is 1. The second-order valence-electron chi connectivity index (χ2n) is 5.58. The molecular weight excluding hydrogens is 250 g/mol. The van der Waals surface area contributed by atoms with E-state index in [2.05, 4.69) is 23.5 Å². The standard InChI is InChI=1S/C16H19N3O/c17-11-13-7-4-10-19(13)16(20)15-9-8-14(18-15)12-5-2-1-3-6-12/h1-3,5-6,13-15,18H,4,7-10H2/t13-,14+,15-/m0/s1. The molecule has 3 rings (SSSR count). The smallest absolute Gasteiger partial charge is 0.240 e. The monoisotopic (exact) mass is 269 g/mol. The largest absolute Gasteiger partial charge is 0.325 e. The molecule has 2 fully saturated rings. The fourth-order valence-electron chi connectivity index (χ4n) is 3.25. The Balaban J connectivity index is 1.65. The number of nitrogens with zero attached hydrogens (tertiary/aromatic N) is 2. The molecule has 4 heteroatoms. The normalized spacial score (nSPS) is 29.4. The first-order valence-electron chi connectivity index (χ1n) is 7.30. The lowest BCUT2D eigenvalue weighted by molar-refractivity contribution is -0.133. The molecule has 1 aromatic carbocycles. The van der Waals surface area contributed by atoms with Crippen molar-refractivity contribution in [3.8, 4) is 6.07 Å². The summed E-state index contributed by atoms with van der Waals surface area (Å²) >= 11 is 0. The molecule has 0 radical (unpaired) electrons. The molecule has 0 aliphatic carbocycles. The van der Waals surface area contributed by atoms with Gasteiger partial charge in [0.05, 0.1) is 12.1 Å². The Kier molecular flexibility index (Phi) is 3.70. The molecule has 2 aliphatic heterocycles. The molecule has 0 unspecified atom stereocenters. The Morgan fingerprint density at radius 2 is 2.05 bits per heavy atom. The average molecular weight is 269 g/mol. The highest BCUT2D eigenvalue weighted by Gasteiger charge is 2.36. The quantitative estimate of drug-likeness (QED) is 0.893. The van der Waals surface area contributed by atoms with Gasteiger partial charge in [-0.3, -0.25) is 10.1 Å². The molecule has 1 aromatic rings. The summed E-state index contributed by atoms with van der Waals surface area (Å²) in [5.41, 5.74) is 1.24. The highest BCUT2D eigenvalue weighted by atomic mass is 16.2. The molecule has 0 spiro atoms. The van der Waals surface area contributed by atoms with Gasteiger partial charge in [-0.2, -0.15) is 5.26 Å². The van der Waals surface area contributed by atoms with Crippen molar-refractivity contribution in [2.75, 3.05) is 6.54 Å². The minimum Gasteiger partial charge on any atom is -0.325 e. The summed E-state index contributed by atoms with van der Waals surface area (Å²) in [6.07, 6.45) is 3.59. The van der Waals surface area contributed by atoms with Crippen molar-refractivity contribution in [3.63, 3.8) is 0 Å². The molecular formula is C16H19N3O. The molecule has 1 amide bonds. The van der Waals surface area contributed by atoms with Gasteiger partial charge in [0.15, 0.2) is 0 Å². The van der Waals surface area contributed by atoms with Crippen LogP contribution in [-0.4, -0.2) is 29.4 Å². The fourth-order valence-corrected chi connectivity index (χ4v) is 3.25. The summed E-state index contributed by atoms with van der Waals surface area (Å²) in [5, 5.41) is 12.5. The average Bonchev–Trinajstić information content (AvgIpc) is 3.16. The van der Waals surface area contributed by atoms with Gasteiger partial charge in [0.25, 0.3) is 0 Å². The summed E-state index contributed by atoms with van der Waals surface area (Å²) < 4.78 is 0. The minimum absolute atomic E-state index is 0.104. The van der Waals surface area contributed by atoms with Gasteiger partial charge in [-0.25, -0.2) is 0 Å². The molecule has 3 atom stereocenters. The Bertz CT molecular complexity index is 522. The van der Waals surface area contributed by atoms with Gasteiger partial charge in [0.2, 0.25) is 5.91 Å². The Morgan fingerprint density at radius 3 is 2.80 bits per heavy atom. The maximum Gasteiger partial charge on any atom is 0.240 e. The van der Waals surface area contributed by atoms with Crippen molar-refractivity contribution in [3.05, 3.63) is 35.9 Å². The Labute approximate surface area is 119 Å². The molecule has 2 aliphatic rings. The maximum atomic E-state index is 12.5. The van der Waals surface area contributed by atoms with Crippen molar-refractivity contribution < 1.29 is 4.79 Å². The third-order valence-electron chi connectivity index (χ3n) is 4.33. The van der Waals surface area contributed by atoms with E-state index in [1.165, 1.54) is 5.56 Å². The lowest BCUT2D eigenvalue weighted by atomic mass is 10.1. The number of carbonyl (C=O) groups is 1. The Morgan fingerprint density at radius 1 is 1.25 bits per heavy atom. The van der Waals surface area contributed by atoms with Gasteiger partial charge in [0, 0.05) is 12.6 Å². The van der Waals surface area contributed by atoms with Crippen LogP contribution < -0.4 is 5.32 Å². The van der Waals surface area contributed by atoms with E-state index in [0.717, 1.165) is 32.2 Å². The van der Waals surface area contributed by atoms with Crippen molar-refractivity contribution >= 4 is 5.91 Å². The molecule has 2 heterocycles. The predicted molar refractivity (Wildman–Crippen MR) is 75.7 cm³/mol. The summed E-state index contributed by atoms with van der Waals surface area (Å²) in [4.78, 5) is 14.3. The zero-order chi connectivity index (χ0) is 13.9. The number of nitriles is 1. The van der Waals surface area contributed by atoms with Crippen LogP contribution in [-0.2, 0) is 4.79 Å². The third kappa shape index (κ3) is 2.41. The number of amides is 1. The highest BCUT2D eigenvalue weighted by molar-refractivity contribution is 5.83. The van der Waals surface area contributed by atoms with Gasteiger partial charge in [-0.05, 0) is 31.2 Å². The van der Waals surface area contributed by atoms with E-state index in [9.17, 15) is 4.79 Å². The van der Waals surface area contributed by atoms with E-state index in [4.69, 9.17) is 5.26 Å². The zero-order valence-corrected chi connectivity index (χ0v) is 11.5. The van der Waals surface area contributed by atoms with E-state index in [1.54, 1.807) is 4.90 Å². The first-order valence-corrected chi connectivity index (χ1v) is 7.30. The third-order valence-corrected chi connectivity index (χ3v) is 4.33. The van der Waals surface area contributed by atoms with Crippen LogP contribution in [0.15, 0.2) is 30.3 Å². The molecule has 4 nitrogen and oxygen atoms in total. The van der Waals surface area contributed by atoms with E-state index in [-0.39, 0.29) is 24.0 Å². The van der Waals surface area contributed by atoms with E-state index in [0.29, 0.717) is 0 Å². The van der Waals surface area contributed by atoms with Gasteiger partial charge in [-0.15, -0.1) is 0 Å². The number of benzene rings is 1. The van der Waals surface area contributed by atoms with Gasteiger partial charge in [0.1, 0.15) is 6.04 Å². The van der Waals surface area contributed by atoms with E-state index < -0.39 is 0 Å². The van der Waals surface area contributed by atoms with E-state index >= 15 is 0 Å². The first kappa shape index (κ1) is 13.1. The number of rotatable bonds is 2. The summed E-state index contributed by atoms with van der Waals surface area (Å²) in [5.74, 6) is 0.104. The van der Waals surface area contributed by atoms with Crippen LogP contribution >= 0.6 is 0 Å². The second-order valence-corrected chi connectivity index (χ2v) is 5.58. The number of hydrogen-bond acceptors (Lipinski definition) is 3. The minimum atomic E-state index is -0.222. The summed E-state index contributed by atoms with van der Waals surface area (Å²) in [6, 6.07) is 12.4. The molecule has 1 N–H and O–H groups in total. The highest BCUT2D eigenvalue weighted by Crippen LogP contribution is 2.28. The van der Waals surface area contributed by atoms with Crippen LogP contribution in [0.5, 0.6) is 0 Å². The zero-order valence-electron chi connectivity index (χ0n) is 11.5. The van der Waals surface area contributed by atoms with Crippen LogP contribution in [0.1, 0.15) is 37.3 Å². The molecule has 2 saturated heterocycles. The molecule has 0 aromatic heterocycles. The summed E-state index contributed by atoms with van der Waals surface area (Å²) in [6.45, 7) is 0.727. The fraction of sp³-hybridized carbons (Fsp3) is 0.500. The van der Waals surface area contributed by atoms with Gasteiger partial charge in [-0.1, -0.05) is 30.3 Å². The van der Waals surface area contributed by atoms with Crippen LogP contribution in [0.3, 0.4) is 0 Å². The lowest BCUT2D eigenvalue weighted by Crippen LogP contribution is -2.45. The van der Waals surface area contributed by atoms with Gasteiger partial charge < -0.3 is 4.90 Å². The topological polar surface area (TPSA) is 56.1 Å². The van der Waals surface area contributed by atoms with Crippen LogP contribution in [0, 0.1) is 11.3 Å². The van der Waals surface area contributed by atoms with Crippen LogP contribution in [0.25, 0.3) is 0 Å². The van der Waals surface area contributed by atoms with Gasteiger partial charge >= 0.3 is 0 Å². The SMILES string of the molecule is N#C[C@@H]1CCCN1C(=O)[C@@H]1CC[C@H](c2ccccc2)N1. The first-order chi connectivity index (χ1) is 9.79. The van der Waals surface area contributed by atoms with E-state index in [1.807, 2.05) is 18.2 Å².